The van der Waals surface area contributed by atoms with Gasteiger partial charge >= 0.3 is 0 Å². The number of hydrogen-bond acceptors (Lipinski definition) is 7. The molecule has 0 saturated heterocycles. The zero-order valence-electron chi connectivity index (χ0n) is 33.5. The highest BCUT2D eigenvalue weighted by atomic mass is 16.3. The molecule has 0 N–H and O–H groups in total. The van der Waals surface area contributed by atoms with Crippen molar-refractivity contribution in [3.05, 3.63) is 195 Å². The first kappa shape index (κ1) is 35.0. The second-order valence-corrected chi connectivity index (χ2v) is 15.6. The van der Waals surface area contributed by atoms with Crippen molar-refractivity contribution in [3.63, 3.8) is 0 Å². The Morgan fingerprint density at radius 2 is 1.00 bits per heavy atom. The molecule has 0 fully saturated rings. The third kappa shape index (κ3) is 5.64. The van der Waals surface area contributed by atoms with E-state index in [-0.39, 0.29) is 0 Å². The molecule has 63 heavy (non-hydrogen) atoms. The Labute approximate surface area is 359 Å². The molecular formula is C54H32N8O. The summed E-state index contributed by atoms with van der Waals surface area (Å²) in [7, 11) is 0. The smallest absolute Gasteiger partial charge is 0.238 e. The molecule has 0 amide bonds. The zero-order valence-corrected chi connectivity index (χ0v) is 33.5. The lowest BCUT2D eigenvalue weighted by molar-refractivity contribution is 0.668. The summed E-state index contributed by atoms with van der Waals surface area (Å²) in [6, 6.07) is 60.2. The largest absolute Gasteiger partial charge is 0.454 e. The highest BCUT2D eigenvalue weighted by Gasteiger charge is 2.20. The summed E-state index contributed by atoms with van der Waals surface area (Å²) in [5, 5.41) is 5.44. The van der Waals surface area contributed by atoms with E-state index in [0.29, 0.717) is 17.6 Å². The highest BCUT2D eigenvalue weighted by molar-refractivity contribution is 6.12. The summed E-state index contributed by atoms with van der Waals surface area (Å²) in [6.45, 7) is 0. The van der Waals surface area contributed by atoms with Crippen LogP contribution in [0.5, 0.6) is 0 Å². The molecule has 294 valence electrons. The van der Waals surface area contributed by atoms with E-state index in [0.717, 1.165) is 105 Å². The first-order valence-corrected chi connectivity index (χ1v) is 20.8. The Hall–Kier alpha value is -8.82. The summed E-state index contributed by atoms with van der Waals surface area (Å²) in [6.07, 6.45) is 5.48. The van der Waals surface area contributed by atoms with E-state index >= 15 is 0 Å². The zero-order chi connectivity index (χ0) is 41.4. The van der Waals surface area contributed by atoms with Crippen molar-refractivity contribution in [2.75, 3.05) is 0 Å². The minimum Gasteiger partial charge on any atom is -0.454 e. The SMILES string of the molecule is c1ccc(-c2nc(-c3ccccc3)nc(-n3c4ccccc4c4ccc(-c5cncc(-c6ccc7c(c6)c6ccccc6n7-c6ccc7oc8cccnc8c7c6)n5)cc43)n2)cc1. The number of rotatable bonds is 6. The molecule has 6 aromatic heterocycles. The van der Waals surface area contributed by atoms with Crippen LogP contribution < -0.4 is 0 Å². The number of fused-ring (bicyclic) bond motifs is 9. The van der Waals surface area contributed by atoms with Crippen LogP contribution in [0.2, 0.25) is 0 Å². The van der Waals surface area contributed by atoms with Crippen LogP contribution in [-0.2, 0) is 0 Å². The summed E-state index contributed by atoms with van der Waals surface area (Å²) >= 11 is 0. The second-order valence-electron chi connectivity index (χ2n) is 15.6. The normalized spacial score (nSPS) is 11.8. The maximum atomic E-state index is 6.11. The van der Waals surface area contributed by atoms with E-state index in [1.54, 1.807) is 0 Å². The van der Waals surface area contributed by atoms with Crippen LogP contribution in [0.4, 0.5) is 0 Å². The molecule has 0 bridgehead atoms. The molecular weight excluding hydrogens is 777 g/mol. The fraction of sp³-hybridized carbons (Fsp3) is 0. The molecule has 0 aliphatic carbocycles. The Morgan fingerprint density at radius 1 is 0.381 bits per heavy atom. The van der Waals surface area contributed by atoms with Gasteiger partial charge in [0.15, 0.2) is 17.2 Å². The highest BCUT2D eigenvalue weighted by Crippen LogP contribution is 2.38. The molecule has 0 atom stereocenters. The van der Waals surface area contributed by atoms with Gasteiger partial charge in [-0.2, -0.15) is 9.97 Å². The number of nitrogens with zero attached hydrogens (tertiary/aromatic N) is 8. The van der Waals surface area contributed by atoms with Gasteiger partial charge in [-0.15, -0.1) is 0 Å². The molecule has 9 nitrogen and oxygen atoms in total. The van der Waals surface area contributed by atoms with Gasteiger partial charge in [0, 0.05) is 61.1 Å². The third-order valence-corrected chi connectivity index (χ3v) is 11.9. The number of pyridine rings is 1. The van der Waals surface area contributed by atoms with Crippen molar-refractivity contribution in [2.45, 2.75) is 0 Å². The first-order valence-electron chi connectivity index (χ1n) is 20.8. The van der Waals surface area contributed by atoms with Gasteiger partial charge < -0.3 is 8.98 Å². The average molecular weight is 809 g/mol. The maximum Gasteiger partial charge on any atom is 0.238 e. The predicted octanol–water partition coefficient (Wildman–Crippen LogP) is 12.8. The number of aromatic nitrogens is 8. The lowest BCUT2D eigenvalue weighted by Crippen LogP contribution is -2.06. The van der Waals surface area contributed by atoms with E-state index in [1.807, 2.05) is 97.5 Å². The monoisotopic (exact) mass is 808 g/mol. The Balaban J connectivity index is 0.942. The minimum atomic E-state index is 0.535. The number of benzene rings is 7. The van der Waals surface area contributed by atoms with Crippen LogP contribution >= 0.6 is 0 Å². The van der Waals surface area contributed by atoms with Crippen LogP contribution in [0.15, 0.2) is 199 Å². The van der Waals surface area contributed by atoms with Gasteiger partial charge in [-0.05, 0) is 60.7 Å². The van der Waals surface area contributed by atoms with Crippen molar-refractivity contribution in [1.29, 1.82) is 0 Å². The predicted molar refractivity (Wildman–Crippen MR) is 251 cm³/mol. The number of furan rings is 1. The molecule has 9 heteroatoms. The minimum absolute atomic E-state index is 0.535. The van der Waals surface area contributed by atoms with Crippen molar-refractivity contribution in [1.82, 2.24) is 39.0 Å². The Bertz CT molecular complexity index is 3870. The van der Waals surface area contributed by atoms with Gasteiger partial charge in [0.1, 0.15) is 11.1 Å². The van der Waals surface area contributed by atoms with Gasteiger partial charge in [-0.25, -0.2) is 9.97 Å². The average Bonchev–Trinajstić information content (AvgIpc) is 4.01. The molecule has 0 aliphatic rings. The molecule has 0 saturated carbocycles. The summed E-state index contributed by atoms with van der Waals surface area (Å²) in [5.41, 5.74) is 12.9. The Kier molecular flexibility index (Phi) is 7.70. The third-order valence-electron chi connectivity index (χ3n) is 11.9. The molecule has 0 spiro atoms. The summed E-state index contributed by atoms with van der Waals surface area (Å²) < 4.78 is 10.6. The number of hydrogen-bond donors (Lipinski definition) is 0. The van der Waals surface area contributed by atoms with Gasteiger partial charge in [-0.1, -0.05) is 115 Å². The quantitative estimate of drug-likeness (QED) is 0.165. The lowest BCUT2D eigenvalue weighted by atomic mass is 10.1. The fourth-order valence-corrected chi connectivity index (χ4v) is 9.02. The molecule has 13 rings (SSSR count). The second kappa shape index (κ2) is 13.9. The summed E-state index contributed by atoms with van der Waals surface area (Å²) in [5.74, 6) is 1.74. The topological polar surface area (TPSA) is 100 Å². The molecule has 6 heterocycles. The van der Waals surface area contributed by atoms with Gasteiger partial charge in [0.05, 0.1) is 45.8 Å². The van der Waals surface area contributed by atoms with Crippen LogP contribution in [0.25, 0.3) is 123 Å². The van der Waals surface area contributed by atoms with E-state index in [1.165, 1.54) is 0 Å². The van der Waals surface area contributed by atoms with Crippen LogP contribution in [0.3, 0.4) is 0 Å². The molecule has 0 aliphatic heterocycles. The molecule has 0 unspecified atom stereocenters. The van der Waals surface area contributed by atoms with Crippen LogP contribution in [0, 0.1) is 0 Å². The molecule has 7 aromatic carbocycles. The van der Waals surface area contributed by atoms with Gasteiger partial charge in [0.2, 0.25) is 5.95 Å². The molecule has 13 aromatic rings. The van der Waals surface area contributed by atoms with Gasteiger partial charge in [-0.3, -0.25) is 14.5 Å². The van der Waals surface area contributed by atoms with Crippen molar-refractivity contribution in [3.8, 4) is 56.9 Å². The van der Waals surface area contributed by atoms with E-state index in [9.17, 15) is 0 Å². The van der Waals surface area contributed by atoms with Crippen LogP contribution in [0.1, 0.15) is 0 Å². The lowest BCUT2D eigenvalue weighted by Gasteiger charge is -2.11. The van der Waals surface area contributed by atoms with Gasteiger partial charge in [0.25, 0.3) is 0 Å². The van der Waals surface area contributed by atoms with Crippen molar-refractivity contribution in [2.24, 2.45) is 0 Å². The summed E-state index contributed by atoms with van der Waals surface area (Å²) in [4.78, 5) is 29.8. The standard InChI is InChI=1S/C54H32N8O/c1-3-12-33(13-4-1)52-58-53(34-14-5-2-6-15-34)60-54(59-52)62-46-19-10-7-16-38(46)40-24-21-36(29-48(40)62)44-32-55-31-43(57-44)35-22-25-47-41(28-35)39-17-8-9-18-45(39)61(47)37-23-26-49-42(30-37)51-50(63-49)20-11-27-56-51/h1-32H. The van der Waals surface area contributed by atoms with Crippen LogP contribution in [-0.4, -0.2) is 39.0 Å². The Morgan fingerprint density at radius 3 is 1.75 bits per heavy atom. The molecule has 0 radical (unpaired) electrons. The first-order chi connectivity index (χ1) is 31.2. The number of para-hydroxylation sites is 2. The van der Waals surface area contributed by atoms with Crippen molar-refractivity contribution < 1.29 is 4.42 Å². The van der Waals surface area contributed by atoms with E-state index < -0.39 is 0 Å². The maximum absolute atomic E-state index is 6.11. The van der Waals surface area contributed by atoms with Crippen molar-refractivity contribution >= 4 is 65.7 Å². The van der Waals surface area contributed by atoms with E-state index in [2.05, 4.69) is 111 Å². The van der Waals surface area contributed by atoms with E-state index in [4.69, 9.17) is 29.3 Å². The fourth-order valence-electron chi connectivity index (χ4n) is 9.02.